The number of rotatable bonds is 2. The summed E-state index contributed by atoms with van der Waals surface area (Å²) in [6.07, 6.45) is 13.4. The molecule has 2 heterocycles. The number of hydrogen-bond acceptors (Lipinski definition) is 3. The van der Waals surface area contributed by atoms with Crippen LogP contribution in [0.15, 0.2) is 10.5 Å². The van der Waals surface area contributed by atoms with Crippen LogP contribution in [-0.4, -0.2) is 28.9 Å². The largest absolute Gasteiger partial charge is 0.337 e. The highest BCUT2D eigenvalue weighted by atomic mass is 79.9. The van der Waals surface area contributed by atoms with Gasteiger partial charge in [0.1, 0.15) is 9.71 Å². The predicted octanol–water partition coefficient (Wildman–Crippen LogP) is 7.03. The molecule has 5 heteroatoms. The molecule has 29 heavy (non-hydrogen) atoms. The Balaban J connectivity index is 1.51. The van der Waals surface area contributed by atoms with Crippen LogP contribution in [0, 0.1) is 24.7 Å². The Morgan fingerprint density at radius 1 is 1.07 bits per heavy atom. The molecule has 0 atom stereocenters. The van der Waals surface area contributed by atoms with Crippen molar-refractivity contribution in [3.63, 3.8) is 0 Å². The number of carbonyl (C=O) groups is 1. The number of carbonyl (C=O) groups excluding carboxylic acids is 1. The molecular formula is C24H31BrN2OS. The second kappa shape index (κ2) is 7.05. The highest BCUT2D eigenvalue weighted by Crippen LogP contribution is 2.77. The number of fused-ring (bicyclic) bond motifs is 2. The predicted molar refractivity (Wildman–Crippen MR) is 124 cm³/mol. The average Bonchev–Trinajstić information content (AvgIpc) is 3.02. The first kappa shape index (κ1) is 20.0. The minimum Gasteiger partial charge on any atom is -0.337 e. The van der Waals surface area contributed by atoms with Gasteiger partial charge >= 0.3 is 0 Å². The molecule has 3 fully saturated rings. The molecule has 156 valence electrons. The average molecular weight is 475 g/mol. The second-order valence-corrected chi connectivity index (χ2v) is 11.6. The number of hydrogen-bond donors (Lipinski definition) is 0. The lowest BCUT2D eigenvalue weighted by atomic mass is 9.73. The van der Waals surface area contributed by atoms with Gasteiger partial charge in [-0.3, -0.25) is 4.79 Å². The highest BCUT2D eigenvalue weighted by Gasteiger charge is 2.76. The molecule has 0 saturated heterocycles. The molecule has 0 bridgehead atoms. The van der Waals surface area contributed by atoms with E-state index >= 15 is 0 Å². The zero-order chi connectivity index (χ0) is 20.4. The summed E-state index contributed by atoms with van der Waals surface area (Å²) in [5, 5.41) is 1.10. The van der Waals surface area contributed by atoms with Crippen LogP contribution in [0.2, 0.25) is 0 Å². The monoisotopic (exact) mass is 474 g/mol. The van der Waals surface area contributed by atoms with Crippen molar-refractivity contribution < 1.29 is 4.79 Å². The summed E-state index contributed by atoms with van der Waals surface area (Å²) in [5.41, 5.74) is 2.99. The Morgan fingerprint density at radius 3 is 2.17 bits per heavy atom. The molecule has 0 aliphatic heterocycles. The summed E-state index contributed by atoms with van der Waals surface area (Å²) in [5.74, 6) is 0.189. The standard InChI is InChI=1S/C24H31BrN2OS/c1-15-14-16(2)26-20-17(15)18(25)19(29-20)21(28)27(3)22-23(10-6-4-7-11-23)24(22)12-8-5-9-13-24/h14,22H,4-13H2,1-3H3. The SMILES string of the molecule is Cc1cc(C)c2c(Br)c(C(=O)N(C)C3C4(CCCCC4)C34CCCCC4)sc2n1. The Kier molecular flexibility index (Phi) is 4.86. The third-order valence-electron chi connectivity index (χ3n) is 8.28. The molecule has 2 spiro atoms. The van der Waals surface area contributed by atoms with Crippen molar-refractivity contribution in [3.05, 3.63) is 26.7 Å². The Labute approximate surface area is 186 Å². The molecule has 2 aromatic rings. The van der Waals surface area contributed by atoms with E-state index in [0.29, 0.717) is 16.9 Å². The third kappa shape index (κ3) is 2.79. The zero-order valence-corrected chi connectivity index (χ0v) is 20.2. The Hall–Kier alpha value is -0.940. The van der Waals surface area contributed by atoms with Crippen molar-refractivity contribution >= 4 is 43.4 Å². The van der Waals surface area contributed by atoms with E-state index in [2.05, 4.69) is 40.9 Å². The van der Waals surface area contributed by atoms with Crippen LogP contribution in [0.4, 0.5) is 0 Å². The molecule has 0 aromatic carbocycles. The normalized spacial score (nSPS) is 23.0. The summed E-state index contributed by atoms with van der Waals surface area (Å²) in [4.78, 5) is 22.4. The number of pyridine rings is 1. The summed E-state index contributed by atoms with van der Waals surface area (Å²) in [6.45, 7) is 4.14. The maximum atomic E-state index is 13.7. The number of aryl methyl sites for hydroxylation is 2. The van der Waals surface area contributed by atoms with Crippen molar-refractivity contribution in [1.82, 2.24) is 9.88 Å². The lowest BCUT2D eigenvalue weighted by Crippen LogP contribution is -2.34. The minimum atomic E-state index is 0.189. The smallest absolute Gasteiger partial charge is 0.265 e. The van der Waals surface area contributed by atoms with Crippen molar-refractivity contribution in [1.29, 1.82) is 0 Å². The van der Waals surface area contributed by atoms with Crippen LogP contribution in [-0.2, 0) is 0 Å². The molecule has 2 aromatic heterocycles. The van der Waals surface area contributed by atoms with Gasteiger partial charge in [-0.15, -0.1) is 11.3 Å². The van der Waals surface area contributed by atoms with E-state index in [1.165, 1.54) is 69.8 Å². The first-order valence-electron chi connectivity index (χ1n) is 11.2. The zero-order valence-electron chi connectivity index (χ0n) is 17.8. The van der Waals surface area contributed by atoms with E-state index in [4.69, 9.17) is 4.98 Å². The van der Waals surface area contributed by atoms with Gasteiger partial charge in [0.2, 0.25) is 0 Å². The van der Waals surface area contributed by atoms with E-state index < -0.39 is 0 Å². The molecule has 5 rings (SSSR count). The van der Waals surface area contributed by atoms with Gasteiger partial charge in [0.25, 0.3) is 5.91 Å². The topological polar surface area (TPSA) is 33.2 Å². The van der Waals surface area contributed by atoms with E-state index in [0.717, 1.165) is 25.3 Å². The van der Waals surface area contributed by atoms with Gasteiger partial charge < -0.3 is 4.90 Å². The first-order valence-corrected chi connectivity index (χ1v) is 12.9. The molecule has 1 amide bonds. The third-order valence-corrected chi connectivity index (χ3v) is 10.4. The van der Waals surface area contributed by atoms with Gasteiger partial charge in [0.05, 0.1) is 4.47 Å². The Bertz CT molecular complexity index is 945. The quantitative estimate of drug-likeness (QED) is 0.467. The number of amides is 1. The molecule has 0 unspecified atom stereocenters. The summed E-state index contributed by atoms with van der Waals surface area (Å²) in [6, 6.07) is 2.53. The second-order valence-electron chi connectivity index (χ2n) is 9.76. The first-order chi connectivity index (χ1) is 13.9. The van der Waals surface area contributed by atoms with E-state index in [1.807, 2.05) is 6.92 Å². The fraction of sp³-hybridized carbons (Fsp3) is 0.667. The summed E-state index contributed by atoms with van der Waals surface area (Å²) in [7, 11) is 2.08. The number of nitrogens with zero attached hydrogens (tertiary/aromatic N) is 2. The fourth-order valence-electron chi connectivity index (χ4n) is 7.18. The van der Waals surface area contributed by atoms with Crippen molar-refractivity contribution in [2.75, 3.05) is 7.05 Å². The van der Waals surface area contributed by atoms with Crippen LogP contribution < -0.4 is 0 Å². The molecule has 0 radical (unpaired) electrons. The van der Waals surface area contributed by atoms with E-state index in [1.54, 1.807) is 11.3 Å². The van der Waals surface area contributed by atoms with Crippen molar-refractivity contribution in [2.24, 2.45) is 10.8 Å². The molecular weight excluding hydrogens is 444 g/mol. The molecule has 3 aliphatic rings. The van der Waals surface area contributed by atoms with E-state index in [9.17, 15) is 4.79 Å². The summed E-state index contributed by atoms with van der Waals surface area (Å²) < 4.78 is 0.940. The Morgan fingerprint density at radius 2 is 1.62 bits per heavy atom. The molecule has 3 aliphatic carbocycles. The van der Waals surface area contributed by atoms with Crippen LogP contribution >= 0.6 is 27.3 Å². The number of halogens is 1. The summed E-state index contributed by atoms with van der Waals surface area (Å²) >= 11 is 5.32. The van der Waals surface area contributed by atoms with Crippen LogP contribution in [0.25, 0.3) is 10.2 Å². The molecule has 0 N–H and O–H groups in total. The lowest BCUT2D eigenvalue weighted by molar-refractivity contribution is 0.0747. The van der Waals surface area contributed by atoms with Crippen LogP contribution in [0.5, 0.6) is 0 Å². The maximum Gasteiger partial charge on any atom is 0.265 e. The lowest BCUT2D eigenvalue weighted by Gasteiger charge is -2.31. The highest BCUT2D eigenvalue weighted by molar-refractivity contribution is 9.10. The van der Waals surface area contributed by atoms with Crippen LogP contribution in [0.3, 0.4) is 0 Å². The minimum absolute atomic E-state index is 0.189. The molecule has 3 saturated carbocycles. The van der Waals surface area contributed by atoms with Gasteiger partial charge in [0, 0.05) is 24.2 Å². The van der Waals surface area contributed by atoms with Gasteiger partial charge in [0.15, 0.2) is 0 Å². The van der Waals surface area contributed by atoms with Gasteiger partial charge in [-0.05, 0) is 77.9 Å². The fourth-order valence-corrected chi connectivity index (χ4v) is 9.39. The number of thiophene rings is 1. The van der Waals surface area contributed by atoms with Crippen molar-refractivity contribution in [2.45, 2.75) is 84.1 Å². The molecule has 3 nitrogen and oxygen atoms in total. The van der Waals surface area contributed by atoms with Crippen LogP contribution in [0.1, 0.15) is 85.1 Å². The number of aromatic nitrogens is 1. The van der Waals surface area contributed by atoms with Gasteiger partial charge in [-0.2, -0.15) is 0 Å². The van der Waals surface area contributed by atoms with Gasteiger partial charge in [-0.25, -0.2) is 4.98 Å². The van der Waals surface area contributed by atoms with E-state index in [-0.39, 0.29) is 5.91 Å². The maximum absolute atomic E-state index is 13.7. The van der Waals surface area contributed by atoms with Crippen molar-refractivity contribution in [3.8, 4) is 0 Å². The van der Waals surface area contributed by atoms with Gasteiger partial charge in [-0.1, -0.05) is 38.5 Å².